The van der Waals surface area contributed by atoms with Gasteiger partial charge in [0.25, 0.3) is 5.91 Å². The van der Waals surface area contributed by atoms with Gasteiger partial charge in [-0.15, -0.1) is 0 Å². The highest BCUT2D eigenvalue weighted by atomic mass is 16.6. The van der Waals surface area contributed by atoms with Crippen LogP contribution in [0.3, 0.4) is 0 Å². The Hall–Kier alpha value is -3.75. The SMILES string of the molecule is COc1ccnc(C(=O)N[C@@H](C)c2noc(C(C)(C)c3ccccc3)n2)c1OC(=O)C(C)C. The van der Waals surface area contributed by atoms with E-state index in [1.807, 2.05) is 44.2 Å². The third kappa shape index (κ3) is 5.19. The molecule has 1 atom stereocenters. The van der Waals surface area contributed by atoms with Crippen LogP contribution in [-0.4, -0.2) is 34.1 Å². The maximum absolute atomic E-state index is 13.0. The van der Waals surface area contributed by atoms with Crippen molar-refractivity contribution in [2.24, 2.45) is 5.92 Å². The van der Waals surface area contributed by atoms with Gasteiger partial charge in [-0.1, -0.05) is 49.3 Å². The van der Waals surface area contributed by atoms with E-state index in [1.54, 1.807) is 20.8 Å². The lowest BCUT2D eigenvalue weighted by molar-refractivity contribution is -0.137. The third-order valence-electron chi connectivity index (χ3n) is 5.18. The molecule has 9 nitrogen and oxygen atoms in total. The molecule has 174 valence electrons. The number of carbonyl (C=O) groups is 2. The van der Waals surface area contributed by atoms with E-state index in [9.17, 15) is 9.59 Å². The van der Waals surface area contributed by atoms with Gasteiger partial charge in [0.15, 0.2) is 17.3 Å². The second kappa shape index (κ2) is 9.81. The van der Waals surface area contributed by atoms with Crippen molar-refractivity contribution in [1.29, 1.82) is 0 Å². The summed E-state index contributed by atoms with van der Waals surface area (Å²) in [6.07, 6.45) is 1.40. The van der Waals surface area contributed by atoms with Crippen LogP contribution in [0.15, 0.2) is 47.1 Å². The van der Waals surface area contributed by atoms with Gasteiger partial charge in [0.2, 0.25) is 11.6 Å². The molecular weight excluding hydrogens is 424 g/mol. The van der Waals surface area contributed by atoms with Gasteiger partial charge in [-0.2, -0.15) is 4.98 Å². The van der Waals surface area contributed by atoms with Crippen LogP contribution in [0.5, 0.6) is 11.5 Å². The largest absolute Gasteiger partial charge is 0.493 e. The van der Waals surface area contributed by atoms with E-state index in [2.05, 4.69) is 20.4 Å². The number of carbonyl (C=O) groups excluding carboxylic acids is 2. The van der Waals surface area contributed by atoms with Crippen molar-refractivity contribution in [3.63, 3.8) is 0 Å². The normalized spacial score (nSPS) is 12.3. The monoisotopic (exact) mass is 452 g/mol. The number of hydrogen-bond acceptors (Lipinski definition) is 8. The Labute approximate surface area is 192 Å². The summed E-state index contributed by atoms with van der Waals surface area (Å²) in [6.45, 7) is 9.08. The molecule has 0 aliphatic carbocycles. The quantitative estimate of drug-likeness (QED) is 0.512. The molecule has 0 saturated carbocycles. The molecule has 0 unspecified atom stereocenters. The third-order valence-corrected chi connectivity index (χ3v) is 5.18. The van der Waals surface area contributed by atoms with E-state index < -0.39 is 29.3 Å². The Balaban J connectivity index is 1.81. The summed E-state index contributed by atoms with van der Waals surface area (Å²) < 4.78 is 16.2. The van der Waals surface area contributed by atoms with Crippen LogP contribution in [0.1, 0.15) is 68.4 Å². The molecule has 2 aromatic heterocycles. The molecule has 0 radical (unpaired) electrons. The summed E-state index contributed by atoms with van der Waals surface area (Å²) in [6, 6.07) is 10.7. The van der Waals surface area contributed by atoms with Crippen molar-refractivity contribution in [1.82, 2.24) is 20.4 Å². The van der Waals surface area contributed by atoms with Crippen LogP contribution in [0.25, 0.3) is 0 Å². The topological polar surface area (TPSA) is 116 Å². The Morgan fingerprint density at radius 2 is 1.79 bits per heavy atom. The van der Waals surface area contributed by atoms with E-state index >= 15 is 0 Å². The zero-order chi connectivity index (χ0) is 24.2. The van der Waals surface area contributed by atoms with E-state index in [1.165, 1.54) is 19.4 Å². The first-order valence-corrected chi connectivity index (χ1v) is 10.6. The molecular formula is C24H28N4O5. The average Bonchev–Trinajstić information content (AvgIpc) is 3.31. The summed E-state index contributed by atoms with van der Waals surface area (Å²) in [4.78, 5) is 33.7. The van der Waals surface area contributed by atoms with Gasteiger partial charge >= 0.3 is 5.97 Å². The molecule has 0 aliphatic heterocycles. The predicted octanol–water partition coefficient (Wildman–Crippen LogP) is 3.85. The number of hydrogen-bond donors (Lipinski definition) is 1. The van der Waals surface area contributed by atoms with Gasteiger partial charge < -0.3 is 19.3 Å². The number of esters is 1. The highest BCUT2D eigenvalue weighted by Crippen LogP contribution is 2.32. The smallest absolute Gasteiger partial charge is 0.313 e. The van der Waals surface area contributed by atoms with Crippen molar-refractivity contribution in [2.45, 2.75) is 46.1 Å². The number of ether oxygens (including phenoxy) is 2. The number of nitrogens with one attached hydrogen (secondary N) is 1. The van der Waals surface area contributed by atoms with Gasteiger partial charge in [-0.3, -0.25) is 9.59 Å². The second-order valence-corrected chi connectivity index (χ2v) is 8.41. The first kappa shape index (κ1) is 23.9. The highest BCUT2D eigenvalue weighted by Gasteiger charge is 2.31. The zero-order valence-electron chi connectivity index (χ0n) is 19.6. The minimum absolute atomic E-state index is 0.0394. The molecule has 3 rings (SSSR count). The Morgan fingerprint density at radius 1 is 1.09 bits per heavy atom. The van der Waals surface area contributed by atoms with Gasteiger partial charge in [0.1, 0.15) is 0 Å². The molecule has 1 amide bonds. The van der Waals surface area contributed by atoms with E-state index in [-0.39, 0.29) is 17.2 Å². The van der Waals surface area contributed by atoms with Crippen molar-refractivity contribution in [2.75, 3.05) is 7.11 Å². The Morgan fingerprint density at radius 3 is 2.42 bits per heavy atom. The highest BCUT2D eigenvalue weighted by molar-refractivity contribution is 5.96. The van der Waals surface area contributed by atoms with E-state index in [4.69, 9.17) is 14.0 Å². The summed E-state index contributed by atoms with van der Waals surface area (Å²) in [5.41, 5.74) is 0.431. The Kier molecular flexibility index (Phi) is 7.10. The van der Waals surface area contributed by atoms with Crippen LogP contribution >= 0.6 is 0 Å². The fourth-order valence-electron chi connectivity index (χ4n) is 3.04. The summed E-state index contributed by atoms with van der Waals surface area (Å²) in [5.74, 6) is -0.543. The van der Waals surface area contributed by atoms with Crippen LogP contribution in [0.2, 0.25) is 0 Å². The summed E-state index contributed by atoms with van der Waals surface area (Å²) in [5, 5.41) is 6.83. The number of aromatic nitrogens is 3. The van der Waals surface area contributed by atoms with E-state index in [0.29, 0.717) is 11.7 Å². The molecule has 0 saturated heterocycles. The lowest BCUT2D eigenvalue weighted by atomic mass is 9.84. The van der Waals surface area contributed by atoms with Crippen LogP contribution in [0, 0.1) is 5.92 Å². The molecule has 3 aromatic rings. The predicted molar refractivity (Wildman–Crippen MR) is 120 cm³/mol. The zero-order valence-corrected chi connectivity index (χ0v) is 19.6. The minimum atomic E-state index is -0.594. The number of nitrogens with zero attached hydrogens (tertiary/aromatic N) is 3. The van der Waals surface area contributed by atoms with E-state index in [0.717, 1.165) is 5.56 Å². The van der Waals surface area contributed by atoms with Crippen LogP contribution < -0.4 is 14.8 Å². The lowest BCUT2D eigenvalue weighted by Gasteiger charge is -2.20. The first-order valence-electron chi connectivity index (χ1n) is 10.6. The molecule has 0 bridgehead atoms. The number of amides is 1. The molecule has 33 heavy (non-hydrogen) atoms. The maximum atomic E-state index is 13.0. The van der Waals surface area contributed by atoms with Crippen LogP contribution in [-0.2, 0) is 10.2 Å². The minimum Gasteiger partial charge on any atom is -0.493 e. The number of methoxy groups -OCH3 is 1. The Bertz CT molecular complexity index is 1120. The average molecular weight is 453 g/mol. The van der Waals surface area contributed by atoms with Crippen molar-refractivity contribution in [3.05, 3.63) is 65.6 Å². The number of rotatable bonds is 8. The van der Waals surface area contributed by atoms with Crippen molar-refractivity contribution >= 4 is 11.9 Å². The molecule has 0 spiro atoms. The summed E-state index contributed by atoms with van der Waals surface area (Å²) >= 11 is 0. The van der Waals surface area contributed by atoms with Crippen molar-refractivity contribution in [3.8, 4) is 11.5 Å². The molecule has 9 heteroatoms. The fourth-order valence-corrected chi connectivity index (χ4v) is 3.04. The van der Waals surface area contributed by atoms with Gasteiger partial charge in [-0.25, -0.2) is 4.98 Å². The molecule has 2 heterocycles. The summed E-state index contributed by atoms with van der Waals surface area (Å²) in [7, 11) is 1.42. The van der Waals surface area contributed by atoms with Gasteiger partial charge in [0.05, 0.1) is 24.5 Å². The first-order chi connectivity index (χ1) is 15.6. The fraction of sp³-hybridized carbons (Fsp3) is 0.375. The number of pyridine rings is 1. The standard InChI is InChI=1S/C24H28N4O5/c1-14(2)22(30)32-19-17(31-6)12-13-25-18(19)21(29)26-15(3)20-27-23(33-28-20)24(4,5)16-10-8-7-9-11-16/h7-15H,1-6H3,(H,26,29)/t15-/m0/s1. The number of benzene rings is 1. The van der Waals surface area contributed by atoms with Gasteiger partial charge in [0, 0.05) is 12.3 Å². The van der Waals surface area contributed by atoms with Crippen molar-refractivity contribution < 1.29 is 23.6 Å². The molecule has 1 N–H and O–H groups in total. The molecule has 1 aromatic carbocycles. The lowest BCUT2D eigenvalue weighted by Crippen LogP contribution is -2.29. The maximum Gasteiger partial charge on any atom is 0.313 e. The molecule has 0 fully saturated rings. The second-order valence-electron chi connectivity index (χ2n) is 8.41. The molecule has 0 aliphatic rings. The van der Waals surface area contributed by atoms with Crippen LogP contribution in [0.4, 0.5) is 0 Å². The van der Waals surface area contributed by atoms with Gasteiger partial charge in [-0.05, 0) is 26.3 Å².